The van der Waals surface area contributed by atoms with Gasteiger partial charge in [0.15, 0.2) is 0 Å². The molecule has 146 valence electrons. The number of aryl methyl sites for hydroxylation is 1. The van der Waals surface area contributed by atoms with Crippen molar-refractivity contribution in [3.8, 4) is 5.75 Å². The first-order valence-corrected chi connectivity index (χ1v) is 10.8. The van der Waals surface area contributed by atoms with E-state index in [4.69, 9.17) is 4.74 Å². The summed E-state index contributed by atoms with van der Waals surface area (Å²) in [4.78, 5) is 12.5. The van der Waals surface area contributed by atoms with Gasteiger partial charge in [-0.15, -0.1) is 0 Å². The fourth-order valence-corrected chi connectivity index (χ4v) is 4.40. The van der Waals surface area contributed by atoms with Crippen molar-refractivity contribution >= 4 is 37.5 Å². The summed E-state index contributed by atoms with van der Waals surface area (Å²) in [5.74, 6) is 0.237. The summed E-state index contributed by atoms with van der Waals surface area (Å²) in [7, 11) is -3.80. The highest BCUT2D eigenvalue weighted by molar-refractivity contribution is 9.10. The van der Waals surface area contributed by atoms with E-state index in [1.54, 1.807) is 44.2 Å². The number of hydrogen-bond donors (Lipinski definition) is 1. The highest BCUT2D eigenvalue weighted by Gasteiger charge is 2.26. The fraction of sp³-hybridized carbons (Fsp3) is 0.316. The summed E-state index contributed by atoms with van der Waals surface area (Å²) in [6.07, 6.45) is 0. The van der Waals surface area contributed by atoms with Crippen LogP contribution in [0.5, 0.6) is 5.75 Å². The number of carbonyl (C=O) groups excluding carboxylic acids is 1. The van der Waals surface area contributed by atoms with Crippen LogP contribution < -0.4 is 10.1 Å². The molecule has 1 N–H and O–H groups in total. The van der Waals surface area contributed by atoms with Gasteiger partial charge in [0, 0.05) is 11.0 Å². The molecule has 6 nitrogen and oxygen atoms in total. The molecular weight excluding hydrogens is 432 g/mol. The zero-order valence-corrected chi connectivity index (χ0v) is 17.9. The first-order valence-electron chi connectivity index (χ1n) is 8.57. The number of benzene rings is 2. The molecule has 27 heavy (non-hydrogen) atoms. The maximum Gasteiger partial charge on any atom is 0.243 e. The maximum atomic E-state index is 12.9. The molecule has 0 radical (unpaired) electrons. The second-order valence-corrected chi connectivity index (χ2v) is 8.61. The van der Waals surface area contributed by atoms with Crippen molar-refractivity contribution in [1.29, 1.82) is 0 Å². The van der Waals surface area contributed by atoms with Crippen LogP contribution in [0, 0.1) is 6.92 Å². The number of rotatable bonds is 8. The minimum atomic E-state index is -3.80. The largest absolute Gasteiger partial charge is 0.494 e. The third-order valence-corrected chi connectivity index (χ3v) is 6.51. The Bertz CT molecular complexity index is 916. The van der Waals surface area contributed by atoms with E-state index in [1.807, 2.05) is 13.0 Å². The number of anilines is 1. The van der Waals surface area contributed by atoms with E-state index in [9.17, 15) is 13.2 Å². The normalized spacial score (nSPS) is 11.4. The number of ether oxygens (including phenoxy) is 1. The number of likely N-dealkylation sites (N-methyl/N-ethyl adjacent to an activating group) is 1. The standard InChI is InChI=1S/C19H23BrN2O4S/c1-4-22(13-19(23)21-17-9-7-6-8-16(17)20)27(24,25)15-10-11-18(26-5-2)14(3)12-15/h6-12H,4-5,13H2,1-3H3,(H,21,23). The Morgan fingerprint density at radius 2 is 1.89 bits per heavy atom. The van der Waals surface area contributed by atoms with E-state index in [0.29, 0.717) is 18.0 Å². The van der Waals surface area contributed by atoms with Gasteiger partial charge in [-0.05, 0) is 65.7 Å². The zero-order chi connectivity index (χ0) is 20.0. The lowest BCUT2D eigenvalue weighted by molar-refractivity contribution is -0.116. The number of halogens is 1. The molecule has 0 aliphatic rings. The van der Waals surface area contributed by atoms with Crippen LogP contribution >= 0.6 is 15.9 Å². The molecule has 0 spiro atoms. The van der Waals surface area contributed by atoms with Crippen molar-refractivity contribution in [2.24, 2.45) is 0 Å². The summed E-state index contributed by atoms with van der Waals surface area (Å²) < 4.78 is 33.2. The van der Waals surface area contributed by atoms with E-state index in [-0.39, 0.29) is 18.0 Å². The van der Waals surface area contributed by atoms with E-state index in [2.05, 4.69) is 21.2 Å². The van der Waals surface area contributed by atoms with Crippen LogP contribution in [0.1, 0.15) is 19.4 Å². The van der Waals surface area contributed by atoms with Crippen molar-refractivity contribution in [1.82, 2.24) is 4.31 Å². The van der Waals surface area contributed by atoms with Gasteiger partial charge in [0.25, 0.3) is 0 Å². The first kappa shape index (κ1) is 21.4. The molecule has 0 fully saturated rings. The van der Waals surface area contributed by atoms with Gasteiger partial charge in [-0.1, -0.05) is 19.1 Å². The summed E-state index contributed by atoms with van der Waals surface area (Å²) in [6.45, 7) is 5.77. The molecule has 2 rings (SSSR count). The number of sulfonamides is 1. The number of carbonyl (C=O) groups is 1. The first-order chi connectivity index (χ1) is 12.8. The Kier molecular flexibility index (Phi) is 7.41. The smallest absolute Gasteiger partial charge is 0.243 e. The van der Waals surface area contributed by atoms with Crippen LogP contribution in [0.4, 0.5) is 5.69 Å². The van der Waals surface area contributed by atoms with Gasteiger partial charge < -0.3 is 10.1 Å². The highest BCUT2D eigenvalue weighted by atomic mass is 79.9. The molecule has 0 aliphatic carbocycles. The zero-order valence-electron chi connectivity index (χ0n) is 15.5. The molecule has 0 unspecified atom stereocenters. The second kappa shape index (κ2) is 9.34. The molecule has 1 amide bonds. The monoisotopic (exact) mass is 454 g/mol. The lowest BCUT2D eigenvalue weighted by atomic mass is 10.2. The number of amides is 1. The quantitative estimate of drug-likeness (QED) is 0.657. The van der Waals surface area contributed by atoms with Crippen LogP contribution in [-0.4, -0.2) is 38.3 Å². The third kappa shape index (κ3) is 5.31. The minimum Gasteiger partial charge on any atom is -0.494 e. The number of nitrogens with one attached hydrogen (secondary N) is 1. The molecule has 0 atom stereocenters. The SMILES string of the molecule is CCOc1ccc(S(=O)(=O)N(CC)CC(=O)Nc2ccccc2Br)cc1C. The van der Waals surface area contributed by atoms with Gasteiger partial charge in [0.05, 0.1) is 23.7 Å². The van der Waals surface area contributed by atoms with Crippen LogP contribution in [-0.2, 0) is 14.8 Å². The Morgan fingerprint density at radius 1 is 1.19 bits per heavy atom. The molecule has 0 saturated heterocycles. The number of para-hydroxylation sites is 1. The van der Waals surface area contributed by atoms with Gasteiger partial charge in [-0.25, -0.2) is 8.42 Å². The lowest BCUT2D eigenvalue weighted by Crippen LogP contribution is -2.37. The second-order valence-electron chi connectivity index (χ2n) is 5.82. The molecule has 0 bridgehead atoms. The molecule has 0 heterocycles. The highest BCUT2D eigenvalue weighted by Crippen LogP contribution is 2.25. The lowest BCUT2D eigenvalue weighted by Gasteiger charge is -2.21. The van der Waals surface area contributed by atoms with E-state index < -0.39 is 15.9 Å². The van der Waals surface area contributed by atoms with Gasteiger partial charge in [0.1, 0.15) is 5.75 Å². The van der Waals surface area contributed by atoms with Crippen molar-refractivity contribution in [3.05, 3.63) is 52.5 Å². The summed E-state index contributed by atoms with van der Waals surface area (Å²) in [5, 5.41) is 2.72. The molecule has 8 heteroatoms. The van der Waals surface area contributed by atoms with Gasteiger partial charge in [0.2, 0.25) is 15.9 Å². The van der Waals surface area contributed by atoms with E-state index >= 15 is 0 Å². The summed E-state index contributed by atoms with van der Waals surface area (Å²) in [6, 6.07) is 11.9. The van der Waals surface area contributed by atoms with Gasteiger partial charge in [-0.3, -0.25) is 4.79 Å². The molecule has 0 saturated carbocycles. The molecule has 2 aromatic carbocycles. The Labute approximate surface area is 168 Å². The topological polar surface area (TPSA) is 75.7 Å². The number of hydrogen-bond acceptors (Lipinski definition) is 4. The third-order valence-electron chi connectivity index (χ3n) is 3.90. The van der Waals surface area contributed by atoms with Crippen LogP contribution in [0.25, 0.3) is 0 Å². The fourth-order valence-electron chi connectivity index (χ4n) is 2.53. The maximum absolute atomic E-state index is 12.9. The summed E-state index contributed by atoms with van der Waals surface area (Å²) in [5.41, 5.74) is 1.32. The Balaban J connectivity index is 2.18. The molecule has 0 aromatic heterocycles. The van der Waals surface area contributed by atoms with Crippen molar-refractivity contribution in [3.63, 3.8) is 0 Å². The number of nitrogens with zero attached hydrogens (tertiary/aromatic N) is 1. The average molecular weight is 455 g/mol. The molecule has 0 aliphatic heterocycles. The molecular formula is C19H23BrN2O4S. The molecule has 2 aromatic rings. The minimum absolute atomic E-state index is 0.138. The Morgan fingerprint density at radius 3 is 2.48 bits per heavy atom. The average Bonchev–Trinajstić information content (AvgIpc) is 2.63. The van der Waals surface area contributed by atoms with Crippen LogP contribution in [0.15, 0.2) is 51.8 Å². The predicted octanol–water partition coefficient (Wildman–Crippen LogP) is 3.81. The summed E-state index contributed by atoms with van der Waals surface area (Å²) >= 11 is 3.35. The Hall–Kier alpha value is -1.90. The van der Waals surface area contributed by atoms with E-state index in [1.165, 1.54) is 6.07 Å². The van der Waals surface area contributed by atoms with Crippen LogP contribution in [0.3, 0.4) is 0 Å². The van der Waals surface area contributed by atoms with Gasteiger partial charge in [-0.2, -0.15) is 4.31 Å². The van der Waals surface area contributed by atoms with Crippen LogP contribution in [0.2, 0.25) is 0 Å². The van der Waals surface area contributed by atoms with Crippen molar-refractivity contribution in [2.45, 2.75) is 25.7 Å². The van der Waals surface area contributed by atoms with Crippen molar-refractivity contribution in [2.75, 3.05) is 25.0 Å². The van der Waals surface area contributed by atoms with E-state index in [0.717, 1.165) is 14.3 Å². The van der Waals surface area contributed by atoms with Crippen molar-refractivity contribution < 1.29 is 17.9 Å². The predicted molar refractivity (Wildman–Crippen MR) is 110 cm³/mol. The van der Waals surface area contributed by atoms with Gasteiger partial charge >= 0.3 is 0 Å².